The molecule has 0 aliphatic carbocycles. The van der Waals surface area contributed by atoms with Gasteiger partial charge >= 0.3 is 5.97 Å². The van der Waals surface area contributed by atoms with E-state index in [4.69, 9.17) is 0 Å². The second-order valence-corrected chi connectivity index (χ2v) is 7.51. The van der Waals surface area contributed by atoms with Crippen molar-refractivity contribution < 1.29 is 18.3 Å². The van der Waals surface area contributed by atoms with Crippen molar-refractivity contribution >= 4 is 32.5 Å². The Labute approximate surface area is 142 Å². The molecule has 2 rings (SSSR count). The SMILES string of the molecule is CCC[C@@H](NS(=O)(=O)c1cccc2c(N(C)C)cccc12)C(=O)O. The molecule has 2 aromatic rings. The van der Waals surface area contributed by atoms with Gasteiger partial charge in [0, 0.05) is 30.6 Å². The Bertz CT molecular complexity index is 847. The van der Waals surface area contributed by atoms with Crippen LogP contribution in [0.5, 0.6) is 0 Å². The van der Waals surface area contributed by atoms with Crippen molar-refractivity contribution in [2.45, 2.75) is 30.7 Å². The lowest BCUT2D eigenvalue weighted by Gasteiger charge is -2.18. The number of carboxylic acids is 1. The molecule has 0 unspecified atom stereocenters. The molecule has 0 heterocycles. The van der Waals surface area contributed by atoms with Gasteiger partial charge in [0.2, 0.25) is 10.0 Å². The highest BCUT2D eigenvalue weighted by molar-refractivity contribution is 7.89. The number of sulfonamides is 1. The summed E-state index contributed by atoms with van der Waals surface area (Å²) in [4.78, 5) is 13.3. The standard InChI is InChI=1S/C17H22N2O4S/c1-4-7-14(17(20)21)18-24(22,23)16-11-6-8-12-13(16)9-5-10-15(12)19(2)3/h5-6,8-11,14,18H,4,7H2,1-3H3,(H,20,21)/t14-/m1/s1. The van der Waals surface area contributed by atoms with Crippen LogP contribution in [0.3, 0.4) is 0 Å². The summed E-state index contributed by atoms with van der Waals surface area (Å²) < 4.78 is 27.8. The maximum Gasteiger partial charge on any atom is 0.321 e. The molecule has 1 atom stereocenters. The Hall–Kier alpha value is -2.12. The number of hydrogen-bond acceptors (Lipinski definition) is 4. The van der Waals surface area contributed by atoms with E-state index in [1.165, 1.54) is 6.07 Å². The molecule has 0 bridgehead atoms. The second kappa shape index (κ2) is 7.19. The van der Waals surface area contributed by atoms with Crippen LogP contribution in [0.4, 0.5) is 5.69 Å². The van der Waals surface area contributed by atoms with Gasteiger partial charge in [-0.25, -0.2) is 8.42 Å². The number of nitrogens with one attached hydrogen (secondary N) is 1. The van der Waals surface area contributed by atoms with Crippen molar-refractivity contribution in [1.29, 1.82) is 0 Å². The number of fused-ring (bicyclic) bond motifs is 1. The number of hydrogen-bond donors (Lipinski definition) is 2. The number of aliphatic carboxylic acids is 1. The van der Waals surface area contributed by atoms with E-state index in [1.54, 1.807) is 18.2 Å². The Balaban J connectivity index is 2.55. The largest absolute Gasteiger partial charge is 0.480 e. The molecule has 0 amide bonds. The van der Waals surface area contributed by atoms with Crippen LogP contribution in [-0.4, -0.2) is 39.6 Å². The van der Waals surface area contributed by atoms with Gasteiger partial charge in [-0.05, 0) is 18.6 Å². The summed E-state index contributed by atoms with van der Waals surface area (Å²) in [5.41, 5.74) is 0.896. The molecule has 0 aromatic heterocycles. The molecule has 0 aliphatic rings. The van der Waals surface area contributed by atoms with Crippen LogP contribution in [0.2, 0.25) is 0 Å². The van der Waals surface area contributed by atoms with Crippen LogP contribution in [0, 0.1) is 0 Å². The number of carbonyl (C=O) groups is 1. The van der Waals surface area contributed by atoms with Crippen LogP contribution in [0.1, 0.15) is 19.8 Å². The first-order valence-electron chi connectivity index (χ1n) is 7.72. The van der Waals surface area contributed by atoms with Gasteiger partial charge in [-0.1, -0.05) is 37.6 Å². The van der Waals surface area contributed by atoms with Gasteiger partial charge in [0.15, 0.2) is 0 Å². The fraction of sp³-hybridized carbons (Fsp3) is 0.353. The van der Waals surface area contributed by atoms with Crippen LogP contribution >= 0.6 is 0 Å². The number of rotatable bonds is 7. The maximum atomic E-state index is 12.7. The molecule has 130 valence electrons. The zero-order valence-corrected chi connectivity index (χ0v) is 14.8. The van der Waals surface area contributed by atoms with Crippen molar-refractivity contribution in [3.05, 3.63) is 36.4 Å². The average molecular weight is 350 g/mol. The van der Waals surface area contributed by atoms with Gasteiger partial charge in [-0.3, -0.25) is 4.79 Å². The fourth-order valence-electron chi connectivity index (χ4n) is 2.66. The minimum absolute atomic E-state index is 0.0889. The second-order valence-electron chi connectivity index (χ2n) is 5.82. The molecule has 0 spiro atoms. The van der Waals surface area contributed by atoms with Gasteiger partial charge in [-0.2, -0.15) is 4.72 Å². The van der Waals surface area contributed by atoms with Crippen molar-refractivity contribution in [1.82, 2.24) is 4.72 Å². The van der Waals surface area contributed by atoms with Gasteiger partial charge in [-0.15, -0.1) is 0 Å². The minimum Gasteiger partial charge on any atom is -0.480 e. The Morgan fingerprint density at radius 2 is 1.79 bits per heavy atom. The van der Waals surface area contributed by atoms with Crippen LogP contribution in [-0.2, 0) is 14.8 Å². The third kappa shape index (κ3) is 3.68. The predicted molar refractivity (Wildman–Crippen MR) is 94.9 cm³/mol. The summed E-state index contributed by atoms with van der Waals surface area (Å²) in [5, 5.41) is 10.6. The summed E-state index contributed by atoms with van der Waals surface area (Å²) in [6.07, 6.45) is 0.808. The van der Waals surface area contributed by atoms with Crippen LogP contribution in [0.25, 0.3) is 10.8 Å². The van der Waals surface area contributed by atoms with Crippen molar-refractivity contribution in [2.24, 2.45) is 0 Å². The van der Waals surface area contributed by atoms with Gasteiger partial charge < -0.3 is 10.0 Å². The lowest BCUT2D eigenvalue weighted by atomic mass is 10.1. The summed E-state index contributed by atoms with van der Waals surface area (Å²) in [7, 11) is -0.175. The molecule has 0 radical (unpaired) electrons. The molecule has 24 heavy (non-hydrogen) atoms. The quantitative estimate of drug-likeness (QED) is 0.801. The Morgan fingerprint density at radius 1 is 1.17 bits per heavy atom. The van der Waals surface area contributed by atoms with E-state index < -0.39 is 22.0 Å². The van der Waals surface area contributed by atoms with Gasteiger partial charge in [0.25, 0.3) is 0 Å². The Morgan fingerprint density at radius 3 is 2.38 bits per heavy atom. The summed E-state index contributed by atoms with van der Waals surface area (Å²) >= 11 is 0. The first-order chi connectivity index (χ1) is 11.3. The first kappa shape index (κ1) is 18.2. The van der Waals surface area contributed by atoms with Gasteiger partial charge in [0.05, 0.1) is 4.90 Å². The van der Waals surface area contributed by atoms with E-state index in [-0.39, 0.29) is 11.3 Å². The number of benzene rings is 2. The van der Waals surface area contributed by atoms with Crippen molar-refractivity contribution in [3.63, 3.8) is 0 Å². The van der Waals surface area contributed by atoms with E-state index in [0.29, 0.717) is 11.8 Å². The molecule has 0 fully saturated rings. The highest BCUT2D eigenvalue weighted by Crippen LogP contribution is 2.30. The smallest absolute Gasteiger partial charge is 0.321 e. The highest BCUT2D eigenvalue weighted by atomic mass is 32.2. The number of anilines is 1. The number of nitrogens with zero attached hydrogens (tertiary/aromatic N) is 1. The number of carboxylic acid groups (broad SMARTS) is 1. The molecule has 0 saturated heterocycles. The molecule has 6 nitrogen and oxygen atoms in total. The zero-order chi connectivity index (χ0) is 17.9. The molecular weight excluding hydrogens is 328 g/mol. The van der Waals surface area contributed by atoms with E-state index >= 15 is 0 Å². The molecular formula is C17H22N2O4S. The normalized spacial score (nSPS) is 13.0. The van der Waals surface area contributed by atoms with Crippen molar-refractivity contribution in [2.75, 3.05) is 19.0 Å². The van der Waals surface area contributed by atoms with E-state index in [2.05, 4.69) is 4.72 Å². The Kier molecular flexibility index (Phi) is 5.46. The minimum atomic E-state index is -3.95. The molecule has 0 aliphatic heterocycles. The summed E-state index contributed by atoms with van der Waals surface area (Å²) in [6, 6.07) is 9.30. The predicted octanol–water partition coefficient (Wildman–Crippen LogP) is 2.44. The first-order valence-corrected chi connectivity index (χ1v) is 9.20. The summed E-state index contributed by atoms with van der Waals surface area (Å²) in [5.74, 6) is -1.17. The third-order valence-corrected chi connectivity index (χ3v) is 5.33. The van der Waals surface area contributed by atoms with E-state index in [0.717, 1.165) is 11.1 Å². The summed E-state index contributed by atoms with van der Waals surface area (Å²) in [6.45, 7) is 1.81. The van der Waals surface area contributed by atoms with Crippen LogP contribution < -0.4 is 9.62 Å². The topological polar surface area (TPSA) is 86.7 Å². The van der Waals surface area contributed by atoms with E-state index in [9.17, 15) is 18.3 Å². The van der Waals surface area contributed by atoms with E-state index in [1.807, 2.05) is 38.1 Å². The lowest BCUT2D eigenvalue weighted by Crippen LogP contribution is -2.40. The van der Waals surface area contributed by atoms with Gasteiger partial charge in [0.1, 0.15) is 6.04 Å². The maximum absolute atomic E-state index is 12.7. The highest BCUT2D eigenvalue weighted by Gasteiger charge is 2.26. The fourth-order valence-corrected chi connectivity index (χ4v) is 4.11. The third-order valence-electron chi connectivity index (χ3n) is 3.80. The molecule has 7 heteroatoms. The zero-order valence-electron chi connectivity index (χ0n) is 14.0. The van der Waals surface area contributed by atoms with Crippen molar-refractivity contribution in [3.8, 4) is 0 Å². The molecule has 0 saturated carbocycles. The molecule has 2 aromatic carbocycles. The monoisotopic (exact) mass is 350 g/mol. The molecule has 2 N–H and O–H groups in total. The van der Waals surface area contributed by atoms with Crippen LogP contribution in [0.15, 0.2) is 41.3 Å². The lowest BCUT2D eigenvalue weighted by molar-refractivity contribution is -0.139. The average Bonchev–Trinajstić information content (AvgIpc) is 2.52.